The summed E-state index contributed by atoms with van der Waals surface area (Å²) in [4.78, 5) is 33.5. The van der Waals surface area contributed by atoms with E-state index in [1.807, 2.05) is 35.8 Å². The van der Waals surface area contributed by atoms with Crippen molar-refractivity contribution in [3.05, 3.63) is 30.1 Å². The third kappa shape index (κ3) is 3.29. The summed E-state index contributed by atoms with van der Waals surface area (Å²) in [5, 5.41) is 3.27. The highest BCUT2D eigenvalue weighted by molar-refractivity contribution is 6.01. The van der Waals surface area contributed by atoms with Crippen LogP contribution in [0.1, 0.15) is 62.5 Å². The molecule has 7 heteroatoms. The summed E-state index contributed by atoms with van der Waals surface area (Å²) < 4.78 is 7.74. The Morgan fingerprint density at radius 2 is 2.00 bits per heavy atom. The lowest BCUT2D eigenvalue weighted by Gasteiger charge is -2.45. The predicted molar refractivity (Wildman–Crippen MR) is 113 cm³/mol. The SMILES string of the molecule is C[C@@]1(C(=O)NC2CCCCC2)Cn2c(nc3ccccc32)C(=O)N1C[C@@H]1CCCO1. The molecule has 0 spiro atoms. The van der Waals surface area contributed by atoms with E-state index in [4.69, 9.17) is 4.74 Å². The van der Waals surface area contributed by atoms with Gasteiger partial charge in [0, 0.05) is 19.2 Å². The Morgan fingerprint density at radius 3 is 2.77 bits per heavy atom. The van der Waals surface area contributed by atoms with Crippen LogP contribution >= 0.6 is 0 Å². The van der Waals surface area contributed by atoms with Crippen LogP contribution < -0.4 is 5.32 Å². The van der Waals surface area contributed by atoms with Crippen molar-refractivity contribution >= 4 is 22.8 Å². The maximum Gasteiger partial charge on any atom is 0.290 e. The van der Waals surface area contributed by atoms with E-state index in [0.717, 1.165) is 56.2 Å². The Hall–Kier alpha value is -2.41. The quantitative estimate of drug-likeness (QED) is 0.841. The molecule has 7 nitrogen and oxygen atoms in total. The summed E-state index contributed by atoms with van der Waals surface area (Å²) >= 11 is 0. The number of para-hydroxylation sites is 2. The van der Waals surface area contributed by atoms with Crippen LogP contribution in [0.25, 0.3) is 11.0 Å². The van der Waals surface area contributed by atoms with E-state index in [0.29, 0.717) is 18.9 Å². The number of carbonyl (C=O) groups excluding carboxylic acids is 2. The summed E-state index contributed by atoms with van der Waals surface area (Å²) in [7, 11) is 0. The average Bonchev–Trinajstić information content (AvgIpc) is 3.40. The number of ether oxygens (including phenoxy) is 1. The number of hydrogen-bond acceptors (Lipinski definition) is 4. The first-order valence-corrected chi connectivity index (χ1v) is 11.3. The predicted octanol–water partition coefficient (Wildman–Crippen LogP) is 2.88. The number of rotatable bonds is 4. The maximum absolute atomic E-state index is 13.6. The molecule has 0 radical (unpaired) electrons. The molecule has 5 rings (SSSR count). The third-order valence-electron chi connectivity index (χ3n) is 6.99. The van der Waals surface area contributed by atoms with Crippen LogP contribution in [0.15, 0.2) is 24.3 Å². The van der Waals surface area contributed by atoms with Crippen LogP contribution in [-0.4, -0.2) is 57.1 Å². The van der Waals surface area contributed by atoms with Gasteiger partial charge in [-0.1, -0.05) is 31.4 Å². The van der Waals surface area contributed by atoms with Crippen LogP contribution in [0.3, 0.4) is 0 Å². The van der Waals surface area contributed by atoms with Crippen LogP contribution in [0.5, 0.6) is 0 Å². The second-order valence-corrected chi connectivity index (χ2v) is 9.14. The Balaban J connectivity index is 1.51. The van der Waals surface area contributed by atoms with Crippen LogP contribution in [0.2, 0.25) is 0 Å². The van der Waals surface area contributed by atoms with Gasteiger partial charge < -0.3 is 19.5 Å². The largest absolute Gasteiger partial charge is 0.376 e. The summed E-state index contributed by atoms with van der Waals surface area (Å²) in [5.74, 6) is 0.163. The highest BCUT2D eigenvalue weighted by Gasteiger charge is 2.49. The average molecular weight is 411 g/mol. The lowest BCUT2D eigenvalue weighted by Crippen LogP contribution is -2.66. The molecule has 1 aromatic carbocycles. The summed E-state index contributed by atoms with van der Waals surface area (Å²) in [6.45, 7) is 3.45. The van der Waals surface area contributed by atoms with Gasteiger partial charge in [-0.15, -0.1) is 0 Å². The van der Waals surface area contributed by atoms with Crippen LogP contribution in [0, 0.1) is 0 Å². The van der Waals surface area contributed by atoms with Crippen molar-refractivity contribution in [2.24, 2.45) is 0 Å². The number of nitrogens with zero attached hydrogens (tertiary/aromatic N) is 3. The molecular weight excluding hydrogens is 380 g/mol. The smallest absolute Gasteiger partial charge is 0.290 e. The topological polar surface area (TPSA) is 76.5 Å². The number of imidazole rings is 1. The third-order valence-corrected chi connectivity index (χ3v) is 6.99. The summed E-state index contributed by atoms with van der Waals surface area (Å²) in [6, 6.07) is 7.94. The van der Waals surface area contributed by atoms with Crippen molar-refractivity contribution in [3.8, 4) is 0 Å². The molecule has 1 N–H and O–H groups in total. The monoisotopic (exact) mass is 410 g/mol. The molecule has 2 aromatic rings. The number of hydrogen-bond donors (Lipinski definition) is 1. The van der Waals surface area contributed by atoms with Gasteiger partial charge in [-0.25, -0.2) is 4.98 Å². The van der Waals surface area contributed by atoms with Crippen molar-refractivity contribution in [2.75, 3.05) is 13.2 Å². The molecular formula is C23H30N4O3. The van der Waals surface area contributed by atoms with Gasteiger partial charge in [-0.3, -0.25) is 9.59 Å². The first kappa shape index (κ1) is 19.5. The minimum absolute atomic E-state index is 0.0216. The molecule has 0 unspecified atom stereocenters. The van der Waals surface area contributed by atoms with Crippen molar-refractivity contribution in [2.45, 2.75) is 76.1 Å². The number of nitrogens with one attached hydrogen (secondary N) is 1. The van der Waals surface area contributed by atoms with E-state index in [1.54, 1.807) is 4.90 Å². The molecule has 1 saturated heterocycles. The number of aromatic nitrogens is 2. The number of benzene rings is 1. The number of amides is 2. The molecule has 2 aliphatic heterocycles. The van der Waals surface area contributed by atoms with E-state index < -0.39 is 5.54 Å². The van der Waals surface area contributed by atoms with Crippen molar-refractivity contribution < 1.29 is 14.3 Å². The van der Waals surface area contributed by atoms with Crippen molar-refractivity contribution in [3.63, 3.8) is 0 Å². The molecule has 1 aromatic heterocycles. The van der Waals surface area contributed by atoms with Gasteiger partial charge in [0.15, 0.2) is 5.82 Å². The number of carbonyl (C=O) groups is 2. The second kappa shape index (κ2) is 7.69. The standard InChI is InChI=1S/C23H30N4O3/c1-23(22(29)24-16-8-3-2-4-9-16)15-26-19-12-6-5-11-18(19)25-20(26)21(28)27(23)14-17-10-7-13-30-17/h5-6,11-12,16-17H,2-4,7-10,13-15H2,1H3,(H,24,29)/t17-,23-/m0/s1. The van der Waals surface area contributed by atoms with Crippen LogP contribution in [-0.2, 0) is 16.1 Å². The summed E-state index contributed by atoms with van der Waals surface area (Å²) in [6.07, 6.45) is 7.45. The molecule has 2 atom stereocenters. The minimum atomic E-state index is -0.975. The van der Waals surface area contributed by atoms with E-state index in [2.05, 4.69) is 10.3 Å². The molecule has 2 fully saturated rings. The van der Waals surface area contributed by atoms with Gasteiger partial charge in [0.05, 0.1) is 23.7 Å². The molecule has 1 aliphatic carbocycles. The first-order valence-electron chi connectivity index (χ1n) is 11.3. The molecule has 3 aliphatic rings. The fraction of sp³-hybridized carbons (Fsp3) is 0.609. The second-order valence-electron chi connectivity index (χ2n) is 9.14. The van der Waals surface area contributed by atoms with Crippen molar-refractivity contribution in [1.82, 2.24) is 19.8 Å². The summed E-state index contributed by atoms with van der Waals surface area (Å²) in [5.41, 5.74) is 0.709. The Morgan fingerprint density at radius 1 is 1.20 bits per heavy atom. The van der Waals surface area contributed by atoms with E-state index in [1.165, 1.54) is 6.42 Å². The minimum Gasteiger partial charge on any atom is -0.376 e. The van der Waals surface area contributed by atoms with Gasteiger partial charge in [-0.05, 0) is 44.7 Å². The molecule has 2 amide bonds. The maximum atomic E-state index is 13.6. The Labute approximate surface area is 176 Å². The van der Waals surface area contributed by atoms with Gasteiger partial charge >= 0.3 is 0 Å². The zero-order valence-electron chi connectivity index (χ0n) is 17.6. The zero-order chi connectivity index (χ0) is 20.7. The van der Waals surface area contributed by atoms with E-state index >= 15 is 0 Å². The van der Waals surface area contributed by atoms with Gasteiger partial charge in [0.25, 0.3) is 5.91 Å². The number of fused-ring (bicyclic) bond motifs is 3. The normalized spacial score (nSPS) is 27.4. The first-order chi connectivity index (χ1) is 14.6. The van der Waals surface area contributed by atoms with Gasteiger partial charge in [-0.2, -0.15) is 0 Å². The van der Waals surface area contributed by atoms with E-state index in [9.17, 15) is 9.59 Å². The zero-order valence-corrected chi connectivity index (χ0v) is 17.6. The lowest BCUT2D eigenvalue weighted by molar-refractivity contribution is -0.134. The Bertz CT molecular complexity index is 959. The highest BCUT2D eigenvalue weighted by atomic mass is 16.5. The molecule has 1 saturated carbocycles. The van der Waals surface area contributed by atoms with Crippen molar-refractivity contribution in [1.29, 1.82) is 0 Å². The molecule has 3 heterocycles. The van der Waals surface area contributed by atoms with Crippen LogP contribution in [0.4, 0.5) is 0 Å². The van der Waals surface area contributed by atoms with Gasteiger partial charge in [0.1, 0.15) is 5.54 Å². The molecule has 160 valence electrons. The van der Waals surface area contributed by atoms with E-state index in [-0.39, 0.29) is 24.0 Å². The molecule has 0 bridgehead atoms. The Kier molecular flexibility index (Phi) is 5.01. The highest BCUT2D eigenvalue weighted by Crippen LogP contribution is 2.32. The van der Waals surface area contributed by atoms with Gasteiger partial charge in [0.2, 0.25) is 5.91 Å². The fourth-order valence-electron chi connectivity index (χ4n) is 5.20. The molecule has 30 heavy (non-hydrogen) atoms. The fourth-order valence-corrected chi connectivity index (χ4v) is 5.20. The lowest BCUT2D eigenvalue weighted by atomic mass is 9.91.